The van der Waals surface area contributed by atoms with Crippen LogP contribution in [0.2, 0.25) is 0 Å². The molecule has 1 atom stereocenters. The van der Waals surface area contributed by atoms with Gasteiger partial charge in [-0.2, -0.15) is 0 Å². The molecule has 0 bridgehead atoms. The number of hydrogen-bond donors (Lipinski definition) is 5. The number of carbonyl (C=O) groups excluding carboxylic acids is 2. The number of carbonyl (C=O) groups is 5. The summed E-state index contributed by atoms with van der Waals surface area (Å²) in [5.74, 6) is -4.04. The maximum Gasteiger partial charge on any atom is 0.407 e. The predicted octanol–water partition coefficient (Wildman–Crippen LogP) is 1.28. The van der Waals surface area contributed by atoms with E-state index >= 15 is 0 Å². The smallest absolute Gasteiger partial charge is 0.407 e. The maximum atomic E-state index is 11.9. The molecule has 0 aliphatic carbocycles. The van der Waals surface area contributed by atoms with Crippen LogP contribution in [0.5, 0.6) is 0 Å². The van der Waals surface area contributed by atoms with Crippen molar-refractivity contribution in [2.45, 2.75) is 77.4 Å². The van der Waals surface area contributed by atoms with Gasteiger partial charge in [-0.1, -0.05) is 6.42 Å². The van der Waals surface area contributed by atoms with E-state index in [1.54, 1.807) is 20.8 Å². The lowest BCUT2D eigenvalue weighted by Crippen LogP contribution is -2.46. The SMILES string of the molecule is CC(C)(C)OC(=O)NCCCCCC(=O)NCCCC[C@H](C(=O)O)N(CC(=O)O)CC(=O)O. The Balaban J connectivity index is 4.03. The average Bonchev–Trinajstić information content (AvgIpc) is 2.64. The van der Waals surface area contributed by atoms with Gasteiger partial charge in [0.05, 0.1) is 13.1 Å². The van der Waals surface area contributed by atoms with Gasteiger partial charge in [0, 0.05) is 19.5 Å². The number of nitrogens with zero attached hydrogens (tertiary/aromatic N) is 1. The highest BCUT2D eigenvalue weighted by Crippen LogP contribution is 2.10. The second-order valence-corrected chi connectivity index (χ2v) is 8.63. The van der Waals surface area contributed by atoms with Crippen LogP contribution in [0.4, 0.5) is 4.79 Å². The molecule has 0 aliphatic heterocycles. The fraction of sp³-hybridized carbons (Fsp3) is 0.762. The van der Waals surface area contributed by atoms with E-state index in [9.17, 15) is 29.1 Å². The van der Waals surface area contributed by atoms with Gasteiger partial charge in [-0.15, -0.1) is 0 Å². The molecule has 0 unspecified atom stereocenters. The lowest BCUT2D eigenvalue weighted by Gasteiger charge is -2.25. The third-order valence-electron chi connectivity index (χ3n) is 4.38. The van der Waals surface area contributed by atoms with E-state index in [2.05, 4.69) is 10.6 Å². The summed E-state index contributed by atoms with van der Waals surface area (Å²) in [6.07, 6.45) is 2.90. The minimum Gasteiger partial charge on any atom is -0.480 e. The van der Waals surface area contributed by atoms with Crippen LogP contribution < -0.4 is 10.6 Å². The summed E-state index contributed by atoms with van der Waals surface area (Å²) in [5.41, 5.74) is -0.549. The molecule has 2 amide bonds. The zero-order valence-electron chi connectivity index (χ0n) is 19.6. The van der Waals surface area contributed by atoms with Crippen LogP contribution in [-0.4, -0.2) is 87.9 Å². The quantitative estimate of drug-likeness (QED) is 0.192. The second kappa shape index (κ2) is 15.8. The molecule has 0 rings (SSSR count). The number of amides is 2. The first-order valence-electron chi connectivity index (χ1n) is 11.0. The maximum absolute atomic E-state index is 11.9. The minimum atomic E-state index is -1.31. The first kappa shape index (κ1) is 30.1. The van der Waals surface area contributed by atoms with Crippen LogP contribution in [-0.2, 0) is 23.9 Å². The van der Waals surface area contributed by atoms with Gasteiger partial charge in [-0.25, -0.2) is 4.79 Å². The summed E-state index contributed by atoms with van der Waals surface area (Å²) in [7, 11) is 0. The van der Waals surface area contributed by atoms with Crippen LogP contribution >= 0.6 is 0 Å². The Labute approximate surface area is 193 Å². The number of aliphatic carboxylic acids is 3. The number of ether oxygens (including phenoxy) is 1. The lowest BCUT2D eigenvalue weighted by atomic mass is 10.1. The van der Waals surface area contributed by atoms with E-state index < -0.39 is 48.7 Å². The number of alkyl carbamates (subject to hydrolysis) is 1. The molecule has 0 saturated carbocycles. The van der Waals surface area contributed by atoms with Gasteiger partial charge in [0.1, 0.15) is 11.6 Å². The average molecular weight is 476 g/mol. The third kappa shape index (κ3) is 17.4. The molecule has 0 aromatic rings. The summed E-state index contributed by atoms with van der Waals surface area (Å²) in [4.78, 5) is 57.5. The zero-order chi connectivity index (χ0) is 25.4. The van der Waals surface area contributed by atoms with Gasteiger partial charge in [0.25, 0.3) is 0 Å². The lowest BCUT2D eigenvalue weighted by molar-refractivity contribution is -0.149. The van der Waals surface area contributed by atoms with Crippen molar-refractivity contribution in [3.63, 3.8) is 0 Å². The minimum absolute atomic E-state index is 0.0659. The molecule has 33 heavy (non-hydrogen) atoms. The molecule has 0 aliphatic rings. The molecule has 0 heterocycles. The fourth-order valence-electron chi connectivity index (χ4n) is 2.96. The standard InChI is InChI=1S/C21H37N3O9/c1-21(2,3)33-20(32)23-12-7-4-5-10-16(25)22-11-8-6-9-15(19(30)31)24(13-17(26)27)14-18(28)29/h15H,4-14H2,1-3H3,(H,22,25)(H,23,32)(H,26,27)(H,28,29)(H,30,31)/t15-/m1/s1. The van der Waals surface area contributed by atoms with Crippen molar-refractivity contribution < 1.29 is 44.0 Å². The molecule has 190 valence electrons. The Bertz CT molecular complexity index is 646. The Morgan fingerprint density at radius 2 is 1.36 bits per heavy atom. The second-order valence-electron chi connectivity index (χ2n) is 8.63. The van der Waals surface area contributed by atoms with Crippen molar-refractivity contribution in [2.75, 3.05) is 26.2 Å². The van der Waals surface area contributed by atoms with E-state index in [-0.39, 0.29) is 12.3 Å². The number of nitrogens with one attached hydrogen (secondary N) is 2. The first-order valence-corrected chi connectivity index (χ1v) is 11.0. The zero-order valence-corrected chi connectivity index (χ0v) is 19.6. The van der Waals surface area contributed by atoms with Crippen molar-refractivity contribution >= 4 is 29.9 Å². The number of hydrogen-bond acceptors (Lipinski definition) is 7. The van der Waals surface area contributed by atoms with E-state index in [0.29, 0.717) is 45.2 Å². The van der Waals surface area contributed by atoms with Crippen LogP contribution in [0.1, 0.15) is 65.7 Å². The largest absolute Gasteiger partial charge is 0.480 e. The molecule has 0 radical (unpaired) electrons. The number of carboxylic acid groups (broad SMARTS) is 3. The van der Waals surface area contributed by atoms with Gasteiger partial charge in [-0.05, 0) is 52.9 Å². The van der Waals surface area contributed by atoms with E-state index in [1.807, 2.05) is 0 Å². The molecule has 0 aromatic heterocycles. The van der Waals surface area contributed by atoms with E-state index in [4.69, 9.17) is 14.9 Å². The topological polar surface area (TPSA) is 183 Å². The number of rotatable bonds is 17. The van der Waals surface area contributed by atoms with Crippen molar-refractivity contribution in [3.05, 3.63) is 0 Å². The van der Waals surface area contributed by atoms with Gasteiger partial charge >= 0.3 is 24.0 Å². The monoisotopic (exact) mass is 475 g/mol. The number of carboxylic acids is 3. The Kier molecular flexibility index (Phi) is 14.5. The van der Waals surface area contributed by atoms with Crippen LogP contribution in [0, 0.1) is 0 Å². The number of unbranched alkanes of at least 4 members (excludes halogenated alkanes) is 3. The molecule has 0 spiro atoms. The van der Waals surface area contributed by atoms with E-state index in [0.717, 1.165) is 11.3 Å². The normalized spacial score (nSPS) is 12.1. The van der Waals surface area contributed by atoms with Gasteiger partial charge < -0.3 is 30.7 Å². The summed E-state index contributed by atoms with van der Waals surface area (Å²) in [6, 6.07) is -1.23. The molecular weight excluding hydrogens is 438 g/mol. The summed E-state index contributed by atoms with van der Waals surface area (Å²) in [5, 5.41) is 32.5. The van der Waals surface area contributed by atoms with Crippen LogP contribution in [0.3, 0.4) is 0 Å². The first-order chi connectivity index (χ1) is 15.3. The van der Waals surface area contributed by atoms with Crippen molar-refractivity contribution in [2.24, 2.45) is 0 Å². The highest BCUT2D eigenvalue weighted by atomic mass is 16.6. The molecule has 5 N–H and O–H groups in total. The molecule has 0 saturated heterocycles. The molecule has 12 nitrogen and oxygen atoms in total. The third-order valence-corrected chi connectivity index (χ3v) is 4.38. The van der Waals surface area contributed by atoms with Gasteiger partial charge in [-0.3, -0.25) is 24.1 Å². The summed E-state index contributed by atoms with van der Waals surface area (Å²) < 4.78 is 5.12. The molecule has 0 fully saturated rings. The highest BCUT2D eigenvalue weighted by molar-refractivity contribution is 5.78. The molecular formula is C21H37N3O9. The van der Waals surface area contributed by atoms with Crippen molar-refractivity contribution in [3.8, 4) is 0 Å². The molecule has 0 aromatic carbocycles. The van der Waals surface area contributed by atoms with Crippen LogP contribution in [0.25, 0.3) is 0 Å². The Hall–Kier alpha value is -2.89. The predicted molar refractivity (Wildman–Crippen MR) is 118 cm³/mol. The Morgan fingerprint density at radius 3 is 1.88 bits per heavy atom. The van der Waals surface area contributed by atoms with Gasteiger partial charge in [0.2, 0.25) is 5.91 Å². The van der Waals surface area contributed by atoms with Crippen molar-refractivity contribution in [1.29, 1.82) is 0 Å². The highest BCUT2D eigenvalue weighted by Gasteiger charge is 2.28. The fourth-order valence-corrected chi connectivity index (χ4v) is 2.96. The molecule has 12 heteroatoms. The van der Waals surface area contributed by atoms with E-state index in [1.165, 1.54) is 0 Å². The summed E-state index contributed by atoms with van der Waals surface area (Å²) in [6.45, 7) is 4.77. The van der Waals surface area contributed by atoms with Crippen molar-refractivity contribution in [1.82, 2.24) is 15.5 Å². The Morgan fingerprint density at radius 1 is 0.818 bits per heavy atom. The summed E-state index contributed by atoms with van der Waals surface area (Å²) >= 11 is 0. The van der Waals surface area contributed by atoms with Crippen LogP contribution in [0.15, 0.2) is 0 Å². The van der Waals surface area contributed by atoms with Gasteiger partial charge in [0.15, 0.2) is 0 Å².